The van der Waals surface area contributed by atoms with E-state index in [2.05, 4.69) is 10.4 Å². The number of fused-ring (bicyclic) bond motifs is 1. The van der Waals surface area contributed by atoms with Crippen LogP contribution in [0.15, 0.2) is 60.7 Å². The summed E-state index contributed by atoms with van der Waals surface area (Å²) in [6.07, 6.45) is 0. The summed E-state index contributed by atoms with van der Waals surface area (Å²) in [7, 11) is 1.55. The Morgan fingerprint density at radius 2 is 1.82 bits per heavy atom. The number of carbonyl (C=O) groups excluding carboxylic acids is 3. The lowest BCUT2D eigenvalue weighted by molar-refractivity contribution is -0.126. The summed E-state index contributed by atoms with van der Waals surface area (Å²) in [5.41, 5.74) is 0.363. The van der Waals surface area contributed by atoms with Crippen LogP contribution in [0, 0.1) is 0 Å². The molecule has 3 aromatic rings. The Hall–Kier alpha value is -4.14. The van der Waals surface area contributed by atoms with E-state index in [4.69, 9.17) is 9.47 Å². The molecule has 2 aromatic carbocycles. The fourth-order valence-corrected chi connectivity index (χ4v) is 3.99. The van der Waals surface area contributed by atoms with Crippen molar-refractivity contribution in [1.82, 2.24) is 15.1 Å². The summed E-state index contributed by atoms with van der Waals surface area (Å²) in [4.78, 5) is 40.9. The molecule has 2 amide bonds. The van der Waals surface area contributed by atoms with Gasteiger partial charge in [0.15, 0.2) is 5.69 Å². The number of esters is 1. The number of amides is 2. The molecule has 0 radical (unpaired) electrons. The standard InChI is InChI=1S/C25H26N4O5/c1-4-34-23(31)20-14-21-22(30)29(18-10-12-19(33-3)13-11-18)25(2,16-28(21)27-20)24(32)26-15-17-8-6-5-7-9-17/h5-14H,4,15-16H2,1-3H3,(H,26,32)/t25-/m1/s1. The van der Waals surface area contributed by atoms with Crippen molar-refractivity contribution in [2.45, 2.75) is 32.5 Å². The Kier molecular flexibility index (Phi) is 6.36. The number of benzene rings is 2. The molecule has 1 aliphatic rings. The summed E-state index contributed by atoms with van der Waals surface area (Å²) < 4.78 is 11.7. The van der Waals surface area contributed by atoms with Crippen LogP contribution in [0.4, 0.5) is 5.69 Å². The van der Waals surface area contributed by atoms with Crippen LogP contribution in [0.1, 0.15) is 40.4 Å². The van der Waals surface area contributed by atoms with Crippen LogP contribution in [0.25, 0.3) is 0 Å². The summed E-state index contributed by atoms with van der Waals surface area (Å²) in [6, 6.07) is 17.8. The molecular weight excluding hydrogens is 436 g/mol. The van der Waals surface area contributed by atoms with E-state index in [1.165, 1.54) is 15.6 Å². The normalized spacial score (nSPS) is 17.1. The highest BCUT2D eigenvalue weighted by atomic mass is 16.5. The number of ether oxygens (including phenoxy) is 2. The zero-order valence-electron chi connectivity index (χ0n) is 19.3. The van der Waals surface area contributed by atoms with E-state index in [9.17, 15) is 14.4 Å². The number of anilines is 1. The minimum absolute atomic E-state index is 0.0221. The third-order valence-electron chi connectivity index (χ3n) is 5.75. The lowest BCUT2D eigenvalue weighted by atomic mass is 9.93. The van der Waals surface area contributed by atoms with Crippen molar-refractivity contribution in [3.05, 3.63) is 77.6 Å². The first kappa shape index (κ1) is 23.0. The van der Waals surface area contributed by atoms with Crippen LogP contribution in [0.3, 0.4) is 0 Å². The Morgan fingerprint density at radius 3 is 2.47 bits per heavy atom. The number of nitrogens with one attached hydrogen (secondary N) is 1. The van der Waals surface area contributed by atoms with Gasteiger partial charge in [-0.1, -0.05) is 30.3 Å². The molecule has 176 valence electrons. The van der Waals surface area contributed by atoms with Crippen LogP contribution in [-0.2, 0) is 22.6 Å². The molecule has 0 aliphatic carbocycles. The van der Waals surface area contributed by atoms with Gasteiger partial charge in [-0.25, -0.2) is 4.79 Å². The van der Waals surface area contributed by atoms with Gasteiger partial charge in [0.25, 0.3) is 5.91 Å². The van der Waals surface area contributed by atoms with E-state index >= 15 is 0 Å². The average molecular weight is 463 g/mol. The van der Waals surface area contributed by atoms with Crippen molar-refractivity contribution < 1.29 is 23.9 Å². The van der Waals surface area contributed by atoms with Crippen molar-refractivity contribution in [1.29, 1.82) is 0 Å². The molecule has 0 spiro atoms. The first-order valence-corrected chi connectivity index (χ1v) is 10.9. The maximum Gasteiger partial charge on any atom is 0.358 e. The Bertz CT molecular complexity index is 1210. The zero-order valence-corrected chi connectivity index (χ0v) is 19.3. The fourth-order valence-electron chi connectivity index (χ4n) is 3.99. The van der Waals surface area contributed by atoms with E-state index in [1.54, 1.807) is 45.2 Å². The largest absolute Gasteiger partial charge is 0.497 e. The third kappa shape index (κ3) is 4.24. The topological polar surface area (TPSA) is 103 Å². The van der Waals surface area contributed by atoms with E-state index < -0.39 is 17.4 Å². The minimum Gasteiger partial charge on any atom is -0.497 e. The Balaban J connectivity index is 1.72. The second kappa shape index (κ2) is 9.38. The molecule has 1 N–H and O–H groups in total. The van der Waals surface area contributed by atoms with Gasteiger partial charge in [0, 0.05) is 18.3 Å². The second-order valence-electron chi connectivity index (χ2n) is 8.07. The Morgan fingerprint density at radius 1 is 1.12 bits per heavy atom. The van der Waals surface area contributed by atoms with Crippen LogP contribution in [0.5, 0.6) is 5.75 Å². The third-order valence-corrected chi connectivity index (χ3v) is 5.75. The highest BCUT2D eigenvalue weighted by molar-refractivity contribution is 6.12. The quantitative estimate of drug-likeness (QED) is 0.542. The van der Waals surface area contributed by atoms with Gasteiger partial charge in [0.05, 0.1) is 20.3 Å². The van der Waals surface area contributed by atoms with Gasteiger partial charge in [-0.2, -0.15) is 5.10 Å². The maximum absolute atomic E-state index is 13.7. The lowest BCUT2D eigenvalue weighted by Crippen LogP contribution is -2.64. The number of carbonyl (C=O) groups is 3. The molecule has 34 heavy (non-hydrogen) atoms. The summed E-state index contributed by atoms with van der Waals surface area (Å²) in [5.74, 6) is -0.794. The number of nitrogens with zero attached hydrogens (tertiary/aromatic N) is 3. The van der Waals surface area contributed by atoms with Crippen molar-refractivity contribution >= 4 is 23.5 Å². The average Bonchev–Trinajstić information content (AvgIpc) is 3.28. The molecule has 1 aliphatic heterocycles. The van der Waals surface area contributed by atoms with E-state index in [1.807, 2.05) is 30.3 Å². The van der Waals surface area contributed by atoms with Gasteiger partial charge < -0.3 is 14.8 Å². The lowest BCUT2D eigenvalue weighted by Gasteiger charge is -2.43. The number of rotatable bonds is 7. The van der Waals surface area contributed by atoms with E-state index in [-0.39, 0.29) is 30.4 Å². The van der Waals surface area contributed by atoms with E-state index in [0.717, 1.165) is 5.56 Å². The van der Waals surface area contributed by atoms with Crippen LogP contribution in [0.2, 0.25) is 0 Å². The summed E-state index contributed by atoms with van der Waals surface area (Å²) in [5, 5.41) is 7.21. The van der Waals surface area contributed by atoms with Crippen LogP contribution < -0.4 is 15.0 Å². The molecule has 0 saturated carbocycles. The SMILES string of the molecule is CCOC(=O)c1cc2n(n1)C[C@](C)(C(=O)NCc1ccccc1)N(c1ccc(OC)cc1)C2=O. The van der Waals surface area contributed by atoms with Gasteiger partial charge in [-0.3, -0.25) is 19.2 Å². The van der Waals surface area contributed by atoms with Gasteiger partial charge in [0.2, 0.25) is 5.91 Å². The fraction of sp³-hybridized carbons (Fsp3) is 0.280. The molecule has 9 nitrogen and oxygen atoms in total. The summed E-state index contributed by atoms with van der Waals surface area (Å²) >= 11 is 0. The van der Waals surface area contributed by atoms with E-state index in [0.29, 0.717) is 18.0 Å². The molecule has 0 saturated heterocycles. The number of hydrogen-bond donors (Lipinski definition) is 1. The molecule has 1 atom stereocenters. The van der Waals surface area contributed by atoms with Crippen molar-refractivity contribution in [2.24, 2.45) is 0 Å². The highest BCUT2D eigenvalue weighted by Gasteiger charge is 2.49. The molecule has 0 bridgehead atoms. The van der Waals surface area contributed by atoms with Crippen LogP contribution in [-0.4, -0.2) is 46.8 Å². The molecular formula is C25H26N4O5. The first-order valence-electron chi connectivity index (χ1n) is 10.9. The monoisotopic (exact) mass is 462 g/mol. The minimum atomic E-state index is -1.31. The number of aromatic nitrogens is 2. The maximum atomic E-state index is 13.7. The predicted molar refractivity (Wildman–Crippen MR) is 125 cm³/mol. The van der Waals surface area contributed by atoms with Crippen molar-refractivity contribution in [3.63, 3.8) is 0 Å². The van der Waals surface area contributed by atoms with Gasteiger partial charge >= 0.3 is 5.97 Å². The molecule has 9 heteroatoms. The molecule has 0 fully saturated rings. The number of hydrogen-bond acceptors (Lipinski definition) is 6. The van der Waals surface area contributed by atoms with Gasteiger partial charge in [-0.15, -0.1) is 0 Å². The molecule has 1 aromatic heterocycles. The van der Waals surface area contributed by atoms with Gasteiger partial charge in [0.1, 0.15) is 17.0 Å². The molecule has 0 unspecified atom stereocenters. The van der Waals surface area contributed by atoms with Crippen molar-refractivity contribution in [2.75, 3.05) is 18.6 Å². The molecule has 2 heterocycles. The Labute approximate surface area is 197 Å². The first-order chi connectivity index (χ1) is 16.4. The summed E-state index contributed by atoms with van der Waals surface area (Å²) in [6.45, 7) is 3.93. The van der Waals surface area contributed by atoms with Crippen molar-refractivity contribution in [3.8, 4) is 5.75 Å². The zero-order chi connectivity index (χ0) is 24.3. The molecule has 4 rings (SSSR count). The van der Waals surface area contributed by atoms with Crippen LogP contribution >= 0.6 is 0 Å². The predicted octanol–water partition coefficient (Wildman–Crippen LogP) is 2.80. The number of methoxy groups -OCH3 is 1. The highest BCUT2D eigenvalue weighted by Crippen LogP contribution is 2.34. The smallest absolute Gasteiger partial charge is 0.358 e. The second-order valence-corrected chi connectivity index (χ2v) is 8.07. The van der Waals surface area contributed by atoms with Gasteiger partial charge in [-0.05, 0) is 43.7 Å².